The maximum Gasteiger partial charge on any atom is 0.414 e. The number of aliphatic imine (C=N–C) groups is 1. The molecule has 1 atom stereocenters. The molecule has 4 rings (SSSR count). The van der Waals surface area contributed by atoms with Crippen molar-refractivity contribution in [3.63, 3.8) is 0 Å². The lowest BCUT2D eigenvalue weighted by atomic mass is 10.2. The number of halogens is 1. The van der Waals surface area contributed by atoms with Gasteiger partial charge in [-0.2, -0.15) is 0 Å². The van der Waals surface area contributed by atoms with Crippen LogP contribution in [-0.4, -0.2) is 62.2 Å². The van der Waals surface area contributed by atoms with Crippen LogP contribution in [0.1, 0.15) is 16.6 Å². The number of amides is 2. The number of hydrogen-bond donors (Lipinski definition) is 1. The van der Waals surface area contributed by atoms with E-state index in [1.165, 1.54) is 11.3 Å². The van der Waals surface area contributed by atoms with E-state index in [0.29, 0.717) is 15.8 Å². The standard InChI is InChI=1S/C20H22ClN5O3S/c1-13-22-9-10-26(24(13)2)15-5-3-14(4-6-15)25-12-16(29-20(25)28)11-23-19(27)17-7-8-18(21)30-17/h3-8,16H,9-12H2,1-2H3,(H,23,27)/t16-/m0/s1. The van der Waals surface area contributed by atoms with Crippen LogP contribution in [0, 0.1) is 0 Å². The van der Waals surface area contributed by atoms with Crippen molar-refractivity contribution >= 4 is 52.1 Å². The maximum absolute atomic E-state index is 12.3. The first-order chi connectivity index (χ1) is 14.4. The van der Waals surface area contributed by atoms with Gasteiger partial charge in [-0.3, -0.25) is 24.7 Å². The molecule has 2 aliphatic rings. The van der Waals surface area contributed by atoms with Crippen LogP contribution in [0.2, 0.25) is 4.34 Å². The fourth-order valence-corrected chi connectivity index (χ4v) is 4.37. The lowest BCUT2D eigenvalue weighted by Gasteiger charge is -2.37. The molecular weight excluding hydrogens is 426 g/mol. The number of carbonyl (C=O) groups is 2. The highest BCUT2D eigenvalue weighted by Crippen LogP contribution is 2.26. The zero-order valence-electron chi connectivity index (χ0n) is 16.7. The molecule has 1 aromatic carbocycles. The summed E-state index contributed by atoms with van der Waals surface area (Å²) in [5, 5.41) is 6.95. The highest BCUT2D eigenvalue weighted by atomic mass is 35.5. The molecule has 30 heavy (non-hydrogen) atoms. The summed E-state index contributed by atoms with van der Waals surface area (Å²) >= 11 is 7.07. The maximum atomic E-state index is 12.3. The Labute approximate surface area is 183 Å². The van der Waals surface area contributed by atoms with Gasteiger partial charge in [0.1, 0.15) is 11.9 Å². The van der Waals surface area contributed by atoms with Crippen molar-refractivity contribution in [2.75, 3.05) is 43.1 Å². The van der Waals surface area contributed by atoms with Crippen molar-refractivity contribution < 1.29 is 14.3 Å². The van der Waals surface area contributed by atoms with Crippen molar-refractivity contribution in [2.24, 2.45) is 4.99 Å². The first-order valence-corrected chi connectivity index (χ1v) is 10.8. The van der Waals surface area contributed by atoms with Gasteiger partial charge in [0, 0.05) is 12.7 Å². The second kappa shape index (κ2) is 8.53. The number of nitrogens with one attached hydrogen (secondary N) is 1. The zero-order chi connectivity index (χ0) is 21.3. The van der Waals surface area contributed by atoms with Gasteiger partial charge in [0.15, 0.2) is 0 Å². The smallest absolute Gasteiger partial charge is 0.414 e. The van der Waals surface area contributed by atoms with E-state index in [4.69, 9.17) is 16.3 Å². The summed E-state index contributed by atoms with van der Waals surface area (Å²) in [5.41, 5.74) is 1.79. The van der Waals surface area contributed by atoms with Crippen LogP contribution in [0.5, 0.6) is 0 Å². The zero-order valence-corrected chi connectivity index (χ0v) is 18.2. The minimum absolute atomic E-state index is 0.227. The van der Waals surface area contributed by atoms with E-state index in [1.54, 1.807) is 17.0 Å². The van der Waals surface area contributed by atoms with Crippen molar-refractivity contribution in [1.29, 1.82) is 0 Å². The molecule has 8 nitrogen and oxygen atoms in total. The SMILES string of the molecule is CC1=NCCN(c2ccc(N3C[C@H](CNC(=O)c4ccc(Cl)s4)OC3=O)cc2)N1C. The normalized spacial score (nSPS) is 19.0. The minimum Gasteiger partial charge on any atom is -0.442 e. The average molecular weight is 448 g/mol. The van der Waals surface area contributed by atoms with E-state index < -0.39 is 12.2 Å². The average Bonchev–Trinajstić information content (AvgIpc) is 3.34. The summed E-state index contributed by atoms with van der Waals surface area (Å²) in [6.45, 7) is 4.15. The van der Waals surface area contributed by atoms with Gasteiger partial charge in [0.25, 0.3) is 5.91 Å². The number of thiophene rings is 1. The predicted molar refractivity (Wildman–Crippen MR) is 119 cm³/mol. The Morgan fingerprint density at radius 1 is 1.27 bits per heavy atom. The third-order valence-corrected chi connectivity index (χ3v) is 6.33. The lowest BCUT2D eigenvalue weighted by Crippen LogP contribution is -2.47. The minimum atomic E-state index is -0.417. The van der Waals surface area contributed by atoms with Crippen LogP contribution in [0.15, 0.2) is 41.4 Å². The molecule has 158 valence electrons. The van der Waals surface area contributed by atoms with Gasteiger partial charge in [0.05, 0.1) is 41.1 Å². The predicted octanol–water partition coefficient (Wildman–Crippen LogP) is 3.24. The molecule has 0 bridgehead atoms. The number of hydrazine groups is 1. The van der Waals surface area contributed by atoms with Crippen LogP contribution >= 0.6 is 22.9 Å². The summed E-state index contributed by atoms with van der Waals surface area (Å²) in [5.74, 6) is 0.735. The van der Waals surface area contributed by atoms with Gasteiger partial charge in [-0.25, -0.2) is 4.79 Å². The van der Waals surface area contributed by atoms with Crippen molar-refractivity contribution in [3.8, 4) is 0 Å². The highest BCUT2D eigenvalue weighted by Gasteiger charge is 2.32. The van der Waals surface area contributed by atoms with Crippen LogP contribution in [0.25, 0.3) is 0 Å². The number of anilines is 2. The molecule has 2 aliphatic heterocycles. The molecule has 0 unspecified atom stereocenters. The van der Waals surface area contributed by atoms with Gasteiger partial charge in [-0.1, -0.05) is 11.6 Å². The molecule has 2 amide bonds. The van der Waals surface area contributed by atoms with Crippen molar-refractivity contribution in [2.45, 2.75) is 13.0 Å². The Kier molecular flexibility index (Phi) is 5.83. The number of cyclic esters (lactones) is 1. The second-order valence-corrected chi connectivity index (χ2v) is 8.74. The Morgan fingerprint density at radius 3 is 2.70 bits per heavy atom. The summed E-state index contributed by atoms with van der Waals surface area (Å²) in [4.78, 5) is 31.0. The Morgan fingerprint density at radius 2 is 2.00 bits per heavy atom. The van der Waals surface area contributed by atoms with E-state index >= 15 is 0 Å². The molecule has 1 fully saturated rings. The molecule has 1 saturated heterocycles. The Hall–Kier alpha value is -2.78. The first kappa shape index (κ1) is 20.5. The van der Waals surface area contributed by atoms with Crippen LogP contribution in [0.4, 0.5) is 16.2 Å². The number of amidine groups is 1. The van der Waals surface area contributed by atoms with E-state index in [2.05, 4.69) is 15.3 Å². The van der Waals surface area contributed by atoms with E-state index in [0.717, 1.165) is 30.3 Å². The van der Waals surface area contributed by atoms with Gasteiger partial charge < -0.3 is 10.1 Å². The summed E-state index contributed by atoms with van der Waals surface area (Å²) in [6, 6.07) is 11.1. The fourth-order valence-electron chi connectivity index (χ4n) is 3.41. The number of benzene rings is 1. The summed E-state index contributed by atoms with van der Waals surface area (Å²) < 4.78 is 5.97. The third-order valence-electron chi connectivity index (χ3n) is 5.10. The molecule has 0 aliphatic carbocycles. The summed E-state index contributed by atoms with van der Waals surface area (Å²) in [6.07, 6.45) is -0.831. The van der Waals surface area contributed by atoms with Crippen molar-refractivity contribution in [3.05, 3.63) is 45.6 Å². The fraction of sp³-hybridized carbons (Fsp3) is 0.350. The van der Waals surface area contributed by atoms with Crippen LogP contribution < -0.4 is 15.2 Å². The van der Waals surface area contributed by atoms with Gasteiger partial charge in [-0.05, 0) is 43.3 Å². The highest BCUT2D eigenvalue weighted by molar-refractivity contribution is 7.18. The van der Waals surface area contributed by atoms with Gasteiger partial charge in [-0.15, -0.1) is 11.3 Å². The molecular formula is C20H22ClN5O3S. The number of rotatable bonds is 5. The number of nitrogens with zero attached hydrogens (tertiary/aromatic N) is 4. The van der Waals surface area contributed by atoms with Crippen molar-refractivity contribution in [1.82, 2.24) is 10.3 Å². The molecule has 2 aromatic rings. The molecule has 10 heteroatoms. The van der Waals surface area contributed by atoms with E-state index in [1.807, 2.05) is 43.2 Å². The largest absolute Gasteiger partial charge is 0.442 e. The molecule has 3 heterocycles. The lowest BCUT2D eigenvalue weighted by molar-refractivity contribution is 0.0920. The van der Waals surface area contributed by atoms with E-state index in [9.17, 15) is 9.59 Å². The van der Waals surface area contributed by atoms with Crippen LogP contribution in [-0.2, 0) is 4.74 Å². The molecule has 0 spiro atoms. The Bertz CT molecular complexity index is 977. The second-order valence-electron chi connectivity index (χ2n) is 7.02. The number of hydrogen-bond acceptors (Lipinski definition) is 7. The van der Waals surface area contributed by atoms with Gasteiger partial charge >= 0.3 is 6.09 Å². The topological polar surface area (TPSA) is 77.5 Å². The number of carbonyl (C=O) groups excluding carboxylic acids is 2. The van der Waals surface area contributed by atoms with Gasteiger partial charge in [0.2, 0.25) is 0 Å². The van der Waals surface area contributed by atoms with E-state index in [-0.39, 0.29) is 12.5 Å². The number of ether oxygens (including phenoxy) is 1. The monoisotopic (exact) mass is 447 g/mol. The molecule has 0 saturated carbocycles. The molecule has 1 aromatic heterocycles. The molecule has 0 radical (unpaired) electrons. The molecule has 1 N–H and O–H groups in total. The summed E-state index contributed by atoms with van der Waals surface area (Å²) in [7, 11) is 1.98. The Balaban J connectivity index is 1.36. The van der Waals surface area contributed by atoms with Crippen LogP contribution in [0.3, 0.4) is 0 Å². The quantitative estimate of drug-likeness (QED) is 0.761. The third kappa shape index (κ3) is 4.22. The first-order valence-electron chi connectivity index (χ1n) is 9.56.